The maximum atomic E-state index is 10.3. The molecule has 0 aliphatic rings. The summed E-state index contributed by atoms with van der Waals surface area (Å²) in [6.45, 7) is 2.32. The molecule has 110 valence electrons. The zero-order valence-corrected chi connectivity index (χ0v) is 12.8. The summed E-state index contributed by atoms with van der Waals surface area (Å²) in [6, 6.07) is 12.0. The lowest BCUT2D eigenvalue weighted by Gasteiger charge is -2.11. The molecule has 0 saturated carbocycles. The van der Waals surface area contributed by atoms with E-state index in [2.05, 4.69) is 22.4 Å². The van der Waals surface area contributed by atoms with Gasteiger partial charge >= 0.3 is 0 Å². The van der Waals surface area contributed by atoms with Gasteiger partial charge in [-0.15, -0.1) is 0 Å². The first-order valence-electron chi connectivity index (χ1n) is 6.82. The van der Waals surface area contributed by atoms with Crippen LogP contribution in [-0.4, -0.2) is 15.2 Å². The van der Waals surface area contributed by atoms with Crippen molar-refractivity contribution in [2.24, 2.45) is 5.73 Å². The van der Waals surface area contributed by atoms with Gasteiger partial charge in [0.05, 0.1) is 5.69 Å². The van der Waals surface area contributed by atoms with Crippen molar-refractivity contribution in [2.75, 3.05) is 0 Å². The average molecular weight is 301 g/mol. The summed E-state index contributed by atoms with van der Waals surface area (Å²) in [5.41, 5.74) is 8.99. The van der Waals surface area contributed by atoms with Crippen molar-refractivity contribution in [3.8, 4) is 5.75 Å². The van der Waals surface area contributed by atoms with Crippen LogP contribution in [0.3, 0.4) is 0 Å². The Kier molecular flexibility index (Phi) is 5.11. The lowest BCUT2D eigenvalue weighted by Crippen LogP contribution is -2.28. The minimum atomic E-state index is 0.217. The number of benzene rings is 1. The molecule has 4 N–H and O–H groups in total. The molecule has 4 nitrogen and oxygen atoms in total. The first-order chi connectivity index (χ1) is 10.1. The summed E-state index contributed by atoms with van der Waals surface area (Å²) in [4.78, 5) is 4.43. The first kappa shape index (κ1) is 15.3. The number of pyridine rings is 1. The van der Waals surface area contributed by atoms with Crippen LogP contribution in [0.4, 0.5) is 0 Å². The summed E-state index contributed by atoms with van der Waals surface area (Å²) >= 11 is 4.79. The van der Waals surface area contributed by atoms with Crippen molar-refractivity contribution in [3.63, 3.8) is 0 Å². The van der Waals surface area contributed by atoms with Gasteiger partial charge in [0.15, 0.2) is 5.11 Å². The van der Waals surface area contributed by atoms with Crippen LogP contribution in [0.2, 0.25) is 0 Å². The van der Waals surface area contributed by atoms with Gasteiger partial charge in [-0.3, -0.25) is 4.98 Å². The molecule has 1 heterocycles. The van der Waals surface area contributed by atoms with Crippen molar-refractivity contribution in [3.05, 3.63) is 58.9 Å². The molecule has 0 radical (unpaired) electrons. The number of aromatic hydroxyl groups is 1. The fourth-order valence-corrected chi connectivity index (χ4v) is 2.27. The van der Waals surface area contributed by atoms with E-state index in [0.717, 1.165) is 17.7 Å². The van der Waals surface area contributed by atoms with E-state index in [1.54, 1.807) is 0 Å². The fourth-order valence-electron chi connectivity index (χ4n) is 2.20. The summed E-state index contributed by atoms with van der Waals surface area (Å²) in [5.74, 6) is 0.222. The average Bonchev–Trinajstić information content (AvgIpc) is 2.47. The first-order valence-corrected chi connectivity index (χ1v) is 7.22. The Bertz CT molecular complexity index is 629. The van der Waals surface area contributed by atoms with Crippen LogP contribution in [0, 0.1) is 6.92 Å². The van der Waals surface area contributed by atoms with E-state index in [0.29, 0.717) is 18.7 Å². The Morgan fingerprint density at radius 1 is 1.29 bits per heavy atom. The van der Waals surface area contributed by atoms with Gasteiger partial charge in [-0.2, -0.15) is 0 Å². The van der Waals surface area contributed by atoms with Gasteiger partial charge in [0.25, 0.3) is 0 Å². The van der Waals surface area contributed by atoms with Gasteiger partial charge in [0.1, 0.15) is 5.75 Å². The van der Waals surface area contributed by atoms with Gasteiger partial charge in [-0.1, -0.05) is 30.3 Å². The molecule has 21 heavy (non-hydrogen) atoms. The Labute approximate surface area is 130 Å². The number of hydrogen-bond acceptors (Lipinski definition) is 3. The van der Waals surface area contributed by atoms with E-state index in [1.807, 2.05) is 31.2 Å². The van der Waals surface area contributed by atoms with Crippen LogP contribution < -0.4 is 11.1 Å². The number of aryl methyl sites for hydroxylation is 3. The Morgan fingerprint density at radius 2 is 2.00 bits per heavy atom. The van der Waals surface area contributed by atoms with Crippen LogP contribution in [0.5, 0.6) is 5.75 Å². The molecule has 0 atom stereocenters. The molecule has 1 aromatic heterocycles. The number of thiocarbonyl (C=S) groups is 1. The molecule has 1 aromatic carbocycles. The predicted octanol–water partition coefficient (Wildman–Crippen LogP) is 2.21. The van der Waals surface area contributed by atoms with Crippen LogP contribution >= 0.6 is 12.2 Å². The quantitative estimate of drug-likeness (QED) is 0.739. The highest BCUT2D eigenvalue weighted by Gasteiger charge is 2.10. The van der Waals surface area contributed by atoms with Gasteiger partial charge in [0, 0.05) is 17.8 Å². The second kappa shape index (κ2) is 7.04. The van der Waals surface area contributed by atoms with E-state index in [4.69, 9.17) is 18.0 Å². The maximum absolute atomic E-state index is 10.3. The molecule has 5 heteroatoms. The zero-order valence-electron chi connectivity index (χ0n) is 12.0. The largest absolute Gasteiger partial charge is 0.506 e. The van der Waals surface area contributed by atoms with Crippen LogP contribution in [0.1, 0.15) is 22.5 Å². The Morgan fingerprint density at radius 3 is 2.67 bits per heavy atom. The number of nitrogens with two attached hydrogens (primary N) is 1. The smallest absolute Gasteiger partial charge is 0.163 e. The molecule has 0 fully saturated rings. The highest BCUT2D eigenvalue weighted by molar-refractivity contribution is 7.80. The molecule has 0 saturated heterocycles. The van der Waals surface area contributed by atoms with Crippen molar-refractivity contribution < 1.29 is 5.11 Å². The molecule has 0 amide bonds. The van der Waals surface area contributed by atoms with E-state index < -0.39 is 0 Å². The van der Waals surface area contributed by atoms with Crippen LogP contribution in [0.25, 0.3) is 0 Å². The Hall–Kier alpha value is -2.14. The lowest BCUT2D eigenvalue weighted by atomic mass is 10.0. The summed E-state index contributed by atoms with van der Waals surface area (Å²) < 4.78 is 0. The third-order valence-corrected chi connectivity index (χ3v) is 3.36. The molecule has 0 unspecified atom stereocenters. The van der Waals surface area contributed by atoms with E-state index in [1.165, 1.54) is 5.56 Å². The Balaban J connectivity index is 2.13. The van der Waals surface area contributed by atoms with Crippen LogP contribution in [-0.2, 0) is 19.4 Å². The van der Waals surface area contributed by atoms with Crippen molar-refractivity contribution in [1.82, 2.24) is 10.3 Å². The number of nitrogens with zero attached hydrogens (tertiary/aromatic N) is 1. The molecule has 2 aromatic rings. The number of aromatic nitrogens is 1. The SMILES string of the molecule is Cc1cc(CNC(N)=S)c(O)c(CCc2ccccc2)n1. The normalized spacial score (nSPS) is 10.3. The third-order valence-electron chi connectivity index (χ3n) is 3.22. The molecular weight excluding hydrogens is 282 g/mol. The third kappa shape index (κ3) is 4.43. The second-order valence-corrected chi connectivity index (χ2v) is 5.36. The van der Waals surface area contributed by atoms with Gasteiger partial charge in [-0.25, -0.2) is 0 Å². The van der Waals surface area contributed by atoms with E-state index in [-0.39, 0.29) is 10.9 Å². The van der Waals surface area contributed by atoms with Crippen LogP contribution in [0.15, 0.2) is 36.4 Å². The standard InChI is InChI=1S/C16H19N3OS/c1-11-9-13(10-18-16(17)21)15(20)14(19-11)8-7-12-5-3-2-4-6-12/h2-6,9,20H,7-8,10H2,1H3,(H3,17,18,21). The monoisotopic (exact) mass is 301 g/mol. The van der Waals surface area contributed by atoms with Gasteiger partial charge < -0.3 is 16.2 Å². The molecule has 0 spiro atoms. The molecular formula is C16H19N3OS. The predicted molar refractivity (Wildman–Crippen MR) is 88.1 cm³/mol. The number of rotatable bonds is 5. The van der Waals surface area contributed by atoms with E-state index >= 15 is 0 Å². The summed E-state index contributed by atoms with van der Waals surface area (Å²) in [5, 5.41) is 13.4. The molecule has 2 rings (SSSR count). The summed E-state index contributed by atoms with van der Waals surface area (Å²) in [7, 11) is 0. The number of hydrogen-bond donors (Lipinski definition) is 3. The van der Waals surface area contributed by atoms with Gasteiger partial charge in [0.2, 0.25) is 0 Å². The molecule has 0 bridgehead atoms. The maximum Gasteiger partial charge on any atom is 0.163 e. The second-order valence-electron chi connectivity index (χ2n) is 4.92. The van der Waals surface area contributed by atoms with Crippen molar-refractivity contribution >= 4 is 17.3 Å². The van der Waals surface area contributed by atoms with E-state index in [9.17, 15) is 5.11 Å². The zero-order chi connectivity index (χ0) is 15.2. The minimum absolute atomic E-state index is 0.217. The molecule has 0 aliphatic heterocycles. The highest BCUT2D eigenvalue weighted by atomic mass is 32.1. The fraction of sp³-hybridized carbons (Fsp3) is 0.250. The number of nitrogens with one attached hydrogen (secondary N) is 1. The van der Waals surface area contributed by atoms with Gasteiger partial charge in [-0.05, 0) is 43.6 Å². The summed E-state index contributed by atoms with van der Waals surface area (Å²) in [6.07, 6.45) is 1.53. The molecule has 0 aliphatic carbocycles. The highest BCUT2D eigenvalue weighted by Crippen LogP contribution is 2.23. The lowest BCUT2D eigenvalue weighted by molar-refractivity contribution is 0.455. The van der Waals surface area contributed by atoms with Crippen molar-refractivity contribution in [2.45, 2.75) is 26.3 Å². The van der Waals surface area contributed by atoms with Crippen molar-refractivity contribution in [1.29, 1.82) is 0 Å². The minimum Gasteiger partial charge on any atom is -0.506 e. The topological polar surface area (TPSA) is 71.2 Å².